The molecule has 0 aliphatic heterocycles. The van der Waals surface area contributed by atoms with Crippen molar-refractivity contribution in [2.24, 2.45) is 0 Å². The lowest BCUT2D eigenvalue weighted by molar-refractivity contribution is 0.101. The van der Waals surface area contributed by atoms with Crippen LogP contribution in [0.25, 0.3) is 0 Å². The predicted octanol–water partition coefficient (Wildman–Crippen LogP) is 2.99. The van der Waals surface area contributed by atoms with Gasteiger partial charge in [-0.15, -0.1) is 0 Å². The van der Waals surface area contributed by atoms with Crippen LogP contribution in [-0.4, -0.2) is 12.3 Å². The molecule has 0 radical (unpaired) electrons. The minimum atomic E-state index is -0.364. The van der Waals surface area contributed by atoms with Crippen LogP contribution in [0.3, 0.4) is 0 Å². The van der Waals surface area contributed by atoms with Crippen LogP contribution in [-0.2, 0) is 0 Å². The van der Waals surface area contributed by atoms with Gasteiger partial charge in [-0.25, -0.2) is 4.39 Å². The molecule has 0 bridgehead atoms. The summed E-state index contributed by atoms with van der Waals surface area (Å²) < 4.78 is 12.7. The van der Waals surface area contributed by atoms with Gasteiger partial charge in [-0.1, -0.05) is 0 Å². The molecule has 0 atom stereocenters. The van der Waals surface area contributed by atoms with Crippen molar-refractivity contribution in [3.8, 4) is 6.07 Å². The summed E-state index contributed by atoms with van der Waals surface area (Å²) in [6.45, 7) is 0.123. The second-order valence-corrected chi connectivity index (χ2v) is 3.97. The van der Waals surface area contributed by atoms with Gasteiger partial charge in [0.05, 0.1) is 18.2 Å². The van der Waals surface area contributed by atoms with Crippen molar-refractivity contribution in [1.82, 2.24) is 0 Å². The summed E-state index contributed by atoms with van der Waals surface area (Å²) in [5, 5.41) is 11.6. The molecule has 2 aromatic carbocycles. The van der Waals surface area contributed by atoms with Crippen LogP contribution in [0.2, 0.25) is 0 Å². The normalized spacial score (nSPS) is 9.68. The zero-order valence-corrected chi connectivity index (χ0v) is 10.1. The van der Waals surface area contributed by atoms with Crippen LogP contribution in [0, 0.1) is 17.1 Å². The second kappa shape index (κ2) is 5.78. The molecule has 0 saturated carbocycles. The van der Waals surface area contributed by atoms with Gasteiger partial charge < -0.3 is 5.32 Å². The number of hydrogen-bond acceptors (Lipinski definition) is 3. The fraction of sp³-hybridized carbons (Fsp3) is 0.0667. The van der Waals surface area contributed by atoms with E-state index in [2.05, 4.69) is 5.32 Å². The number of rotatable bonds is 4. The number of halogens is 1. The number of carbonyl (C=O) groups excluding carboxylic acids is 1. The summed E-state index contributed by atoms with van der Waals surface area (Å²) in [7, 11) is 0. The molecule has 2 rings (SSSR count). The molecule has 2 aromatic rings. The van der Waals surface area contributed by atoms with E-state index < -0.39 is 0 Å². The zero-order chi connectivity index (χ0) is 13.7. The fourth-order valence-electron chi connectivity index (χ4n) is 1.58. The van der Waals surface area contributed by atoms with Crippen LogP contribution >= 0.6 is 0 Å². The van der Waals surface area contributed by atoms with E-state index in [-0.39, 0.29) is 18.1 Å². The summed E-state index contributed by atoms with van der Waals surface area (Å²) >= 11 is 0. The lowest BCUT2D eigenvalue weighted by atomic mass is 10.1. The van der Waals surface area contributed by atoms with E-state index in [1.165, 1.54) is 24.3 Å². The highest BCUT2D eigenvalue weighted by atomic mass is 19.1. The van der Waals surface area contributed by atoms with Crippen LogP contribution in [0.15, 0.2) is 48.5 Å². The number of Topliss-reactive ketones (excluding diaryl/α,β-unsaturated/α-hetero) is 1. The number of benzene rings is 2. The first kappa shape index (κ1) is 12.8. The molecule has 0 aliphatic rings. The first-order valence-electron chi connectivity index (χ1n) is 5.72. The van der Waals surface area contributed by atoms with Gasteiger partial charge in [-0.3, -0.25) is 4.79 Å². The van der Waals surface area contributed by atoms with Gasteiger partial charge in [-0.05, 0) is 48.5 Å². The molecule has 94 valence electrons. The average molecular weight is 254 g/mol. The van der Waals surface area contributed by atoms with E-state index in [4.69, 9.17) is 5.26 Å². The predicted molar refractivity (Wildman–Crippen MR) is 70.4 cm³/mol. The quantitative estimate of drug-likeness (QED) is 0.853. The second-order valence-electron chi connectivity index (χ2n) is 3.97. The largest absolute Gasteiger partial charge is 0.378 e. The Hall–Kier alpha value is -2.67. The first-order valence-corrected chi connectivity index (χ1v) is 5.72. The van der Waals surface area contributed by atoms with Crippen LogP contribution in [0.5, 0.6) is 0 Å². The van der Waals surface area contributed by atoms with E-state index in [9.17, 15) is 9.18 Å². The minimum absolute atomic E-state index is 0.121. The lowest BCUT2D eigenvalue weighted by Crippen LogP contribution is -2.13. The number of ketones is 1. The molecule has 0 amide bonds. The Balaban J connectivity index is 1.96. The molecule has 4 heteroatoms. The maximum Gasteiger partial charge on any atom is 0.181 e. The molecule has 19 heavy (non-hydrogen) atoms. The molecule has 0 unspecified atom stereocenters. The number of hydrogen-bond donors (Lipinski definition) is 1. The molecule has 0 heterocycles. The lowest BCUT2D eigenvalue weighted by Gasteiger charge is -2.05. The summed E-state index contributed by atoms with van der Waals surface area (Å²) in [5.41, 5.74) is 1.78. The highest BCUT2D eigenvalue weighted by Gasteiger charge is 2.05. The smallest absolute Gasteiger partial charge is 0.181 e. The van der Waals surface area contributed by atoms with Crippen molar-refractivity contribution in [2.75, 3.05) is 11.9 Å². The molecule has 0 aliphatic carbocycles. The van der Waals surface area contributed by atoms with E-state index in [1.54, 1.807) is 24.3 Å². The minimum Gasteiger partial charge on any atom is -0.378 e. The van der Waals surface area contributed by atoms with Crippen molar-refractivity contribution in [3.05, 3.63) is 65.5 Å². The van der Waals surface area contributed by atoms with Gasteiger partial charge in [0.25, 0.3) is 0 Å². The van der Waals surface area contributed by atoms with Crippen LogP contribution < -0.4 is 5.32 Å². The molecule has 0 spiro atoms. The van der Waals surface area contributed by atoms with Crippen molar-refractivity contribution in [1.29, 1.82) is 5.26 Å². The standard InChI is InChI=1S/C15H11FN2O/c16-13-5-3-12(4-6-13)15(19)10-18-14-7-1-11(9-17)2-8-14/h1-8,18H,10H2. The molecule has 0 aromatic heterocycles. The number of nitrogens with one attached hydrogen (secondary N) is 1. The van der Waals surface area contributed by atoms with E-state index in [0.717, 1.165) is 5.69 Å². The Morgan fingerprint density at radius 2 is 1.74 bits per heavy atom. The SMILES string of the molecule is N#Cc1ccc(NCC(=O)c2ccc(F)cc2)cc1. The number of carbonyl (C=O) groups is 1. The molecule has 1 N–H and O–H groups in total. The summed E-state index contributed by atoms with van der Waals surface area (Å²) in [6.07, 6.45) is 0. The van der Waals surface area contributed by atoms with E-state index in [0.29, 0.717) is 11.1 Å². The maximum atomic E-state index is 12.7. The zero-order valence-electron chi connectivity index (χ0n) is 10.1. The highest BCUT2D eigenvalue weighted by Crippen LogP contribution is 2.09. The van der Waals surface area contributed by atoms with Gasteiger partial charge in [0.2, 0.25) is 0 Å². The van der Waals surface area contributed by atoms with Crippen molar-refractivity contribution < 1.29 is 9.18 Å². The Morgan fingerprint density at radius 3 is 2.32 bits per heavy atom. The number of nitrogens with zero attached hydrogens (tertiary/aromatic N) is 1. The van der Waals surface area contributed by atoms with Gasteiger partial charge in [0, 0.05) is 11.3 Å². The number of nitriles is 1. The van der Waals surface area contributed by atoms with Crippen molar-refractivity contribution >= 4 is 11.5 Å². The average Bonchev–Trinajstić information content (AvgIpc) is 2.46. The molecule has 0 fully saturated rings. The maximum absolute atomic E-state index is 12.7. The van der Waals surface area contributed by atoms with Gasteiger partial charge >= 0.3 is 0 Å². The van der Waals surface area contributed by atoms with Gasteiger partial charge in [0.15, 0.2) is 5.78 Å². The van der Waals surface area contributed by atoms with E-state index in [1.807, 2.05) is 6.07 Å². The summed E-state index contributed by atoms with van der Waals surface area (Å²) in [5.74, 6) is -0.485. The Morgan fingerprint density at radius 1 is 1.11 bits per heavy atom. The third-order valence-corrected chi connectivity index (χ3v) is 2.63. The van der Waals surface area contributed by atoms with Gasteiger partial charge in [-0.2, -0.15) is 5.26 Å². The molecule has 3 nitrogen and oxygen atoms in total. The van der Waals surface area contributed by atoms with Crippen molar-refractivity contribution in [3.63, 3.8) is 0 Å². The highest BCUT2D eigenvalue weighted by molar-refractivity contribution is 5.98. The van der Waals surface area contributed by atoms with E-state index >= 15 is 0 Å². The molecule has 0 saturated heterocycles. The van der Waals surface area contributed by atoms with Crippen molar-refractivity contribution in [2.45, 2.75) is 0 Å². The first-order chi connectivity index (χ1) is 9.19. The summed E-state index contributed by atoms with van der Waals surface area (Å²) in [6, 6.07) is 14.3. The topological polar surface area (TPSA) is 52.9 Å². The monoisotopic (exact) mass is 254 g/mol. The number of anilines is 1. The van der Waals surface area contributed by atoms with Crippen LogP contribution in [0.4, 0.5) is 10.1 Å². The Kier molecular flexibility index (Phi) is 3.89. The third kappa shape index (κ3) is 3.39. The summed E-state index contributed by atoms with van der Waals surface area (Å²) in [4.78, 5) is 11.8. The Labute approximate surface area is 110 Å². The molecular weight excluding hydrogens is 243 g/mol. The third-order valence-electron chi connectivity index (χ3n) is 2.63. The van der Waals surface area contributed by atoms with Gasteiger partial charge in [0.1, 0.15) is 5.82 Å². The fourth-order valence-corrected chi connectivity index (χ4v) is 1.58. The Bertz CT molecular complexity index is 612. The van der Waals surface area contributed by atoms with Crippen LogP contribution in [0.1, 0.15) is 15.9 Å². The molecular formula is C15H11FN2O.